The maximum Gasteiger partial charge on any atom is 0.133 e. The Morgan fingerprint density at radius 2 is 1.95 bits per heavy atom. The summed E-state index contributed by atoms with van der Waals surface area (Å²) >= 11 is 0. The Hall–Kier alpha value is -1.16. The fourth-order valence-corrected chi connectivity index (χ4v) is 3.02. The maximum atomic E-state index is 5.98. The predicted molar refractivity (Wildman–Crippen MR) is 83.9 cm³/mol. The fourth-order valence-electron chi connectivity index (χ4n) is 3.02. The molecular formula is C16H28N4. The molecular weight excluding hydrogens is 248 g/mol. The van der Waals surface area contributed by atoms with E-state index in [0.717, 1.165) is 17.3 Å². The van der Waals surface area contributed by atoms with E-state index in [1.807, 2.05) is 13.0 Å². The van der Waals surface area contributed by atoms with Crippen molar-refractivity contribution in [3.8, 4) is 0 Å². The van der Waals surface area contributed by atoms with Crippen LogP contribution in [-0.2, 0) is 0 Å². The number of nitrogens with zero attached hydrogens (tertiary/aromatic N) is 2. The van der Waals surface area contributed by atoms with Crippen LogP contribution in [0.1, 0.15) is 63.4 Å². The van der Waals surface area contributed by atoms with Crippen LogP contribution in [-0.4, -0.2) is 22.6 Å². The fraction of sp³-hybridized carbons (Fsp3) is 0.750. The van der Waals surface area contributed by atoms with E-state index >= 15 is 0 Å². The van der Waals surface area contributed by atoms with E-state index in [1.54, 1.807) is 0 Å². The van der Waals surface area contributed by atoms with Crippen molar-refractivity contribution in [3.63, 3.8) is 0 Å². The largest absolute Gasteiger partial charge is 0.366 e. The molecule has 0 spiro atoms. The highest BCUT2D eigenvalue weighted by atomic mass is 15.1. The Kier molecular flexibility index (Phi) is 5.35. The molecule has 1 unspecified atom stereocenters. The van der Waals surface area contributed by atoms with Crippen LogP contribution >= 0.6 is 0 Å². The number of hydrogen-bond donors (Lipinski definition) is 2. The lowest BCUT2D eigenvalue weighted by atomic mass is 9.84. The number of nitrogens with one attached hydrogen (secondary N) is 1. The average Bonchev–Trinajstić information content (AvgIpc) is 2.45. The van der Waals surface area contributed by atoms with Crippen LogP contribution in [0.15, 0.2) is 6.07 Å². The lowest BCUT2D eigenvalue weighted by molar-refractivity contribution is 0.320. The predicted octanol–water partition coefficient (Wildman–Crippen LogP) is 3.23. The van der Waals surface area contributed by atoms with Gasteiger partial charge in [-0.15, -0.1) is 0 Å². The van der Waals surface area contributed by atoms with Crippen molar-refractivity contribution in [1.29, 1.82) is 0 Å². The van der Waals surface area contributed by atoms with Gasteiger partial charge in [-0.3, -0.25) is 0 Å². The molecule has 112 valence electrons. The smallest absolute Gasteiger partial charge is 0.133 e. The van der Waals surface area contributed by atoms with Gasteiger partial charge >= 0.3 is 0 Å². The number of hydrogen-bond acceptors (Lipinski definition) is 4. The quantitative estimate of drug-likeness (QED) is 0.866. The first-order valence-corrected chi connectivity index (χ1v) is 7.92. The molecule has 1 saturated carbocycles. The highest BCUT2D eigenvalue weighted by Gasteiger charge is 2.23. The summed E-state index contributed by atoms with van der Waals surface area (Å²) < 4.78 is 0. The summed E-state index contributed by atoms with van der Waals surface area (Å²) in [6.07, 6.45) is 6.62. The molecule has 0 saturated heterocycles. The minimum atomic E-state index is 0.338. The molecule has 1 aliphatic rings. The van der Waals surface area contributed by atoms with Crippen molar-refractivity contribution in [2.45, 2.75) is 64.8 Å². The molecule has 2 rings (SSSR count). The molecule has 3 N–H and O–H groups in total. The minimum absolute atomic E-state index is 0.338. The lowest BCUT2D eigenvalue weighted by Crippen LogP contribution is -2.37. The molecule has 20 heavy (non-hydrogen) atoms. The maximum absolute atomic E-state index is 5.98. The van der Waals surface area contributed by atoms with Gasteiger partial charge in [0.25, 0.3) is 0 Å². The van der Waals surface area contributed by atoms with E-state index in [4.69, 9.17) is 5.73 Å². The van der Waals surface area contributed by atoms with Crippen LogP contribution in [0.4, 0.5) is 5.82 Å². The molecule has 4 nitrogen and oxygen atoms in total. The Balaban J connectivity index is 2.10. The molecule has 4 heteroatoms. The summed E-state index contributed by atoms with van der Waals surface area (Å²) in [5.74, 6) is 2.88. The Morgan fingerprint density at radius 3 is 2.55 bits per heavy atom. The summed E-state index contributed by atoms with van der Waals surface area (Å²) in [4.78, 5) is 9.13. The van der Waals surface area contributed by atoms with Gasteiger partial charge in [-0.2, -0.15) is 0 Å². The molecule has 0 aromatic carbocycles. The van der Waals surface area contributed by atoms with Crippen molar-refractivity contribution >= 4 is 5.82 Å². The van der Waals surface area contributed by atoms with Gasteiger partial charge in [0.05, 0.1) is 0 Å². The van der Waals surface area contributed by atoms with Crippen LogP contribution < -0.4 is 11.1 Å². The summed E-state index contributed by atoms with van der Waals surface area (Å²) in [6, 6.07) is 2.36. The van der Waals surface area contributed by atoms with E-state index < -0.39 is 0 Å². The molecule has 0 aliphatic heterocycles. The first-order chi connectivity index (χ1) is 9.60. The van der Waals surface area contributed by atoms with Crippen molar-refractivity contribution in [2.24, 2.45) is 11.7 Å². The second-order valence-corrected chi connectivity index (χ2v) is 6.29. The monoisotopic (exact) mass is 276 g/mol. The Morgan fingerprint density at radius 1 is 1.25 bits per heavy atom. The minimum Gasteiger partial charge on any atom is -0.366 e. The third-order valence-corrected chi connectivity index (χ3v) is 4.19. The number of aromatic nitrogens is 2. The molecule has 0 radical (unpaired) electrons. The van der Waals surface area contributed by atoms with Crippen LogP contribution in [0.25, 0.3) is 0 Å². The summed E-state index contributed by atoms with van der Waals surface area (Å²) in [7, 11) is 0. The third-order valence-electron chi connectivity index (χ3n) is 4.19. The zero-order valence-electron chi connectivity index (χ0n) is 13.0. The second-order valence-electron chi connectivity index (χ2n) is 6.29. The molecule has 1 aromatic rings. The van der Waals surface area contributed by atoms with Crippen molar-refractivity contribution in [1.82, 2.24) is 9.97 Å². The topological polar surface area (TPSA) is 63.8 Å². The van der Waals surface area contributed by atoms with Gasteiger partial charge in [0.15, 0.2) is 0 Å². The second kappa shape index (κ2) is 7.02. The molecule has 0 amide bonds. The van der Waals surface area contributed by atoms with Gasteiger partial charge < -0.3 is 11.1 Å². The number of aryl methyl sites for hydroxylation is 1. The van der Waals surface area contributed by atoms with Crippen LogP contribution in [0.2, 0.25) is 0 Å². The SMILES string of the molecule is Cc1cc(NC(CN)C2CCCCC2)nc(C(C)C)n1. The zero-order valence-corrected chi connectivity index (χ0v) is 13.0. The third kappa shape index (κ3) is 3.92. The van der Waals surface area contributed by atoms with Gasteiger partial charge in [0.1, 0.15) is 11.6 Å². The summed E-state index contributed by atoms with van der Waals surface area (Å²) in [6.45, 7) is 6.95. The summed E-state index contributed by atoms with van der Waals surface area (Å²) in [5.41, 5.74) is 7.00. The average molecular weight is 276 g/mol. The van der Waals surface area contributed by atoms with Gasteiger partial charge in [-0.1, -0.05) is 33.1 Å². The molecule has 0 bridgehead atoms. The van der Waals surface area contributed by atoms with E-state index in [9.17, 15) is 0 Å². The first kappa shape index (κ1) is 15.2. The number of nitrogens with two attached hydrogens (primary N) is 1. The molecule has 1 aromatic heterocycles. The van der Waals surface area contributed by atoms with Crippen molar-refractivity contribution in [2.75, 3.05) is 11.9 Å². The van der Waals surface area contributed by atoms with Gasteiger partial charge in [0.2, 0.25) is 0 Å². The van der Waals surface area contributed by atoms with Crippen LogP contribution in [0, 0.1) is 12.8 Å². The Bertz CT molecular complexity index is 424. The van der Waals surface area contributed by atoms with E-state index in [2.05, 4.69) is 29.1 Å². The lowest BCUT2D eigenvalue weighted by Gasteiger charge is -2.30. The highest BCUT2D eigenvalue weighted by Crippen LogP contribution is 2.27. The van der Waals surface area contributed by atoms with E-state index in [0.29, 0.717) is 24.4 Å². The number of anilines is 1. The van der Waals surface area contributed by atoms with Gasteiger partial charge in [-0.25, -0.2) is 9.97 Å². The van der Waals surface area contributed by atoms with Crippen molar-refractivity contribution < 1.29 is 0 Å². The molecule has 1 fully saturated rings. The highest BCUT2D eigenvalue weighted by molar-refractivity contribution is 5.37. The van der Waals surface area contributed by atoms with Crippen LogP contribution in [0.5, 0.6) is 0 Å². The van der Waals surface area contributed by atoms with Gasteiger partial charge in [-0.05, 0) is 25.7 Å². The normalized spacial score (nSPS) is 18.2. The summed E-state index contributed by atoms with van der Waals surface area (Å²) in [5, 5.41) is 3.56. The van der Waals surface area contributed by atoms with Crippen molar-refractivity contribution in [3.05, 3.63) is 17.6 Å². The molecule has 1 heterocycles. The van der Waals surface area contributed by atoms with Crippen LogP contribution in [0.3, 0.4) is 0 Å². The molecule has 1 aliphatic carbocycles. The Labute approximate surface area is 122 Å². The molecule has 1 atom stereocenters. The first-order valence-electron chi connectivity index (χ1n) is 7.92. The van der Waals surface area contributed by atoms with E-state index in [1.165, 1.54) is 32.1 Å². The van der Waals surface area contributed by atoms with Gasteiger partial charge in [0, 0.05) is 30.3 Å². The van der Waals surface area contributed by atoms with E-state index in [-0.39, 0.29) is 0 Å². The standard InChI is InChI=1S/C16H28N4/c1-11(2)16-18-12(3)9-15(20-16)19-14(10-17)13-7-5-4-6-8-13/h9,11,13-14H,4-8,10,17H2,1-3H3,(H,18,19,20). The zero-order chi connectivity index (χ0) is 14.5. The number of rotatable bonds is 5.